The smallest absolute Gasteiger partial charge is 0.237 e. The summed E-state index contributed by atoms with van der Waals surface area (Å²) in [6.07, 6.45) is 1.86. The summed E-state index contributed by atoms with van der Waals surface area (Å²) in [7, 11) is 0. The number of carbonyl (C=O) groups is 1. The van der Waals surface area contributed by atoms with Gasteiger partial charge in [0.2, 0.25) is 5.91 Å². The van der Waals surface area contributed by atoms with Crippen molar-refractivity contribution in [2.45, 2.75) is 26.1 Å². The number of nitriles is 1. The summed E-state index contributed by atoms with van der Waals surface area (Å²) in [5.74, 6) is 1.92. The lowest BCUT2D eigenvalue weighted by atomic mass is 9.96. The first-order valence-corrected chi connectivity index (χ1v) is 13.4. The molecule has 39 heavy (non-hydrogen) atoms. The average Bonchev–Trinajstić information content (AvgIpc) is 3.25. The molecule has 2 unspecified atom stereocenters. The maximum atomic E-state index is 13.1. The van der Waals surface area contributed by atoms with E-state index in [9.17, 15) is 10.1 Å². The van der Waals surface area contributed by atoms with E-state index in [1.807, 2.05) is 66.6 Å². The molecule has 3 aromatic carbocycles. The van der Waals surface area contributed by atoms with Crippen LogP contribution in [0.5, 0.6) is 11.5 Å². The summed E-state index contributed by atoms with van der Waals surface area (Å²) in [5.41, 5.74) is 4.10. The molecule has 1 saturated heterocycles. The molecule has 0 spiro atoms. The number of ether oxygens (including phenoxy) is 1. The highest BCUT2D eigenvalue weighted by molar-refractivity contribution is 6.34. The SMILES string of the molecule is Cc1ncc2n1C(c1cc(Cl)cc(Cl)c1)c1ccc(C#N)c(c1)Oc1cccc(c1)CN1CCN(CC1=O)C2. The summed E-state index contributed by atoms with van der Waals surface area (Å²) in [4.78, 5) is 21.8. The fourth-order valence-electron chi connectivity index (χ4n) is 5.42. The Morgan fingerprint density at radius 1 is 0.974 bits per heavy atom. The third-order valence-corrected chi connectivity index (χ3v) is 7.68. The Morgan fingerprint density at radius 3 is 2.56 bits per heavy atom. The molecule has 0 radical (unpaired) electrons. The van der Waals surface area contributed by atoms with E-state index in [-0.39, 0.29) is 11.9 Å². The van der Waals surface area contributed by atoms with Crippen LogP contribution < -0.4 is 4.74 Å². The van der Waals surface area contributed by atoms with Crippen molar-refractivity contribution in [3.8, 4) is 17.6 Å². The average molecular weight is 558 g/mol. The third-order valence-electron chi connectivity index (χ3n) is 7.24. The molecular weight excluding hydrogens is 533 g/mol. The highest BCUT2D eigenvalue weighted by Gasteiger charge is 2.28. The van der Waals surface area contributed by atoms with Crippen molar-refractivity contribution in [1.82, 2.24) is 19.4 Å². The van der Waals surface area contributed by atoms with Gasteiger partial charge in [-0.3, -0.25) is 9.69 Å². The fraction of sp³-hybridized carbons (Fsp3) is 0.233. The minimum absolute atomic E-state index is 0.0811. The monoisotopic (exact) mass is 557 g/mol. The minimum atomic E-state index is -0.356. The molecule has 0 aliphatic carbocycles. The van der Waals surface area contributed by atoms with Gasteiger partial charge < -0.3 is 14.2 Å². The quantitative estimate of drug-likeness (QED) is 0.288. The minimum Gasteiger partial charge on any atom is -0.456 e. The number of rotatable bonds is 1. The zero-order valence-corrected chi connectivity index (χ0v) is 22.8. The van der Waals surface area contributed by atoms with E-state index in [1.165, 1.54) is 0 Å². The molecule has 1 amide bonds. The van der Waals surface area contributed by atoms with Gasteiger partial charge in [-0.2, -0.15) is 5.26 Å². The van der Waals surface area contributed by atoms with E-state index >= 15 is 0 Å². The predicted molar refractivity (Wildman–Crippen MR) is 149 cm³/mol. The summed E-state index contributed by atoms with van der Waals surface area (Å²) in [5, 5.41) is 10.9. The van der Waals surface area contributed by atoms with Crippen LogP contribution in [0.4, 0.5) is 0 Å². The van der Waals surface area contributed by atoms with E-state index in [1.54, 1.807) is 12.1 Å². The summed E-state index contributed by atoms with van der Waals surface area (Å²) < 4.78 is 8.46. The molecule has 1 fully saturated rings. The first kappa shape index (κ1) is 25.4. The van der Waals surface area contributed by atoms with Gasteiger partial charge in [-0.15, -0.1) is 0 Å². The molecule has 196 valence electrons. The highest BCUT2D eigenvalue weighted by Crippen LogP contribution is 2.37. The second-order valence-corrected chi connectivity index (χ2v) is 10.8. The predicted octanol–water partition coefficient (Wildman–Crippen LogP) is 5.96. The Morgan fingerprint density at radius 2 is 1.79 bits per heavy atom. The lowest BCUT2D eigenvalue weighted by Crippen LogP contribution is -2.49. The van der Waals surface area contributed by atoms with Crippen molar-refractivity contribution in [3.63, 3.8) is 0 Å². The van der Waals surface area contributed by atoms with Crippen molar-refractivity contribution < 1.29 is 9.53 Å². The number of hydrogen-bond donors (Lipinski definition) is 0. The second kappa shape index (κ2) is 10.4. The lowest BCUT2D eigenvalue weighted by molar-refractivity contribution is -0.136. The van der Waals surface area contributed by atoms with Crippen LogP contribution in [0.3, 0.4) is 0 Å². The van der Waals surface area contributed by atoms with Crippen LogP contribution in [0.1, 0.15) is 39.8 Å². The molecule has 7 nitrogen and oxygen atoms in total. The number of halogens is 2. The maximum Gasteiger partial charge on any atom is 0.237 e. The van der Waals surface area contributed by atoms with Gasteiger partial charge in [0.1, 0.15) is 23.4 Å². The van der Waals surface area contributed by atoms with Crippen molar-refractivity contribution in [2.75, 3.05) is 19.6 Å². The Labute approximate surface area is 236 Å². The molecule has 6 bridgehead atoms. The van der Waals surface area contributed by atoms with E-state index in [0.717, 1.165) is 34.8 Å². The number of nitrogens with zero attached hydrogens (tertiary/aromatic N) is 5. The van der Waals surface area contributed by atoms with Gasteiger partial charge in [0.15, 0.2) is 0 Å². The first-order valence-electron chi connectivity index (χ1n) is 12.7. The zero-order chi connectivity index (χ0) is 27.1. The molecule has 0 N–H and O–H groups in total. The van der Waals surface area contributed by atoms with Gasteiger partial charge in [0.25, 0.3) is 0 Å². The van der Waals surface area contributed by atoms with Crippen molar-refractivity contribution in [3.05, 3.63) is 111 Å². The van der Waals surface area contributed by atoms with E-state index in [0.29, 0.717) is 53.3 Å². The normalized spacial score (nSPS) is 18.8. The zero-order valence-electron chi connectivity index (χ0n) is 21.3. The number of fused-ring (bicyclic) bond motifs is 2. The van der Waals surface area contributed by atoms with Crippen LogP contribution in [0.2, 0.25) is 10.0 Å². The number of piperazine rings is 1. The van der Waals surface area contributed by atoms with Gasteiger partial charge >= 0.3 is 0 Å². The molecule has 3 aliphatic rings. The number of imidazole rings is 1. The molecule has 1 aromatic heterocycles. The number of amides is 1. The fourth-order valence-corrected chi connectivity index (χ4v) is 5.97. The first-order chi connectivity index (χ1) is 18.9. The number of benzene rings is 3. The Hall–Kier alpha value is -3.83. The number of aryl methyl sites for hydroxylation is 1. The van der Waals surface area contributed by atoms with Crippen molar-refractivity contribution in [2.24, 2.45) is 0 Å². The Kier molecular flexibility index (Phi) is 6.78. The molecule has 2 atom stereocenters. The van der Waals surface area contributed by atoms with Crippen LogP contribution in [-0.2, 0) is 17.9 Å². The topological polar surface area (TPSA) is 74.4 Å². The van der Waals surface area contributed by atoms with E-state index in [2.05, 4.69) is 20.5 Å². The molecule has 3 aliphatic heterocycles. The standard InChI is InChI=1S/C30H25Cl2N5O2/c1-19-34-15-26-17-35-7-8-36(29(38)18-35)16-20-3-2-4-27(9-20)39-28-12-21(5-6-22(28)14-33)30(37(19)26)23-10-24(31)13-25(32)11-23/h2-6,9-13,15,30H,7-8,16-18H2,1H3. The number of carbonyl (C=O) groups excluding carboxylic acids is 1. The third kappa shape index (κ3) is 5.11. The Balaban J connectivity index is 1.58. The van der Waals surface area contributed by atoms with Gasteiger partial charge in [-0.1, -0.05) is 41.4 Å². The van der Waals surface area contributed by atoms with Crippen molar-refractivity contribution in [1.29, 1.82) is 5.26 Å². The molecule has 0 saturated carbocycles. The highest BCUT2D eigenvalue weighted by atomic mass is 35.5. The molecule has 4 aromatic rings. The molecular formula is C30H25Cl2N5O2. The van der Waals surface area contributed by atoms with Gasteiger partial charge in [-0.25, -0.2) is 4.98 Å². The van der Waals surface area contributed by atoms with Gasteiger partial charge in [0, 0.05) is 42.4 Å². The lowest BCUT2D eigenvalue weighted by Gasteiger charge is -2.35. The van der Waals surface area contributed by atoms with Crippen LogP contribution >= 0.6 is 23.2 Å². The van der Waals surface area contributed by atoms with Gasteiger partial charge in [0.05, 0.1) is 23.8 Å². The Bertz CT molecular complexity index is 1610. The second-order valence-electron chi connectivity index (χ2n) is 9.91. The van der Waals surface area contributed by atoms with Crippen LogP contribution in [0.25, 0.3) is 0 Å². The largest absolute Gasteiger partial charge is 0.456 e. The number of aromatic nitrogens is 2. The van der Waals surface area contributed by atoms with Crippen LogP contribution in [0, 0.1) is 18.3 Å². The van der Waals surface area contributed by atoms with E-state index in [4.69, 9.17) is 27.9 Å². The van der Waals surface area contributed by atoms with Crippen LogP contribution in [0.15, 0.2) is 66.9 Å². The van der Waals surface area contributed by atoms with Gasteiger partial charge in [-0.05, 0) is 66.1 Å². The maximum absolute atomic E-state index is 13.1. The summed E-state index contributed by atoms with van der Waals surface area (Å²) in [6, 6.07) is 20.7. The molecule has 9 heteroatoms. The molecule has 4 heterocycles. The number of hydrogen-bond acceptors (Lipinski definition) is 5. The summed E-state index contributed by atoms with van der Waals surface area (Å²) in [6.45, 7) is 4.72. The summed E-state index contributed by atoms with van der Waals surface area (Å²) >= 11 is 12.9. The van der Waals surface area contributed by atoms with E-state index < -0.39 is 0 Å². The van der Waals surface area contributed by atoms with Crippen LogP contribution in [-0.4, -0.2) is 44.9 Å². The molecule has 7 rings (SSSR count). The van der Waals surface area contributed by atoms with Crippen molar-refractivity contribution >= 4 is 29.1 Å².